The van der Waals surface area contributed by atoms with Gasteiger partial charge in [-0.25, -0.2) is 4.79 Å². The van der Waals surface area contributed by atoms with Gasteiger partial charge in [0.25, 0.3) is 0 Å². The number of carbonyl (C=O) groups is 1. The molecule has 72 valence electrons. The van der Waals surface area contributed by atoms with Crippen LogP contribution in [0.25, 0.3) is 0 Å². The first-order chi connectivity index (χ1) is 5.56. The Hall–Kier alpha value is -0.280. The minimum Gasteiger partial charge on any atom is -0.451 e. The number of ether oxygens (including phenoxy) is 2. The maximum Gasteiger partial charge on any atom is 0.403 e. The van der Waals surface area contributed by atoms with E-state index >= 15 is 0 Å². The summed E-state index contributed by atoms with van der Waals surface area (Å²) in [5.74, 6) is 0. The van der Waals surface area contributed by atoms with Crippen molar-refractivity contribution in [3.05, 3.63) is 0 Å². The fourth-order valence-corrected chi connectivity index (χ4v) is 0.778. The zero-order valence-corrected chi connectivity index (χ0v) is 8.43. The van der Waals surface area contributed by atoms with E-state index in [0.29, 0.717) is 0 Å². The van der Waals surface area contributed by atoms with Crippen molar-refractivity contribution in [1.82, 2.24) is 0 Å². The van der Waals surface area contributed by atoms with Crippen LogP contribution in [0.5, 0.6) is 0 Å². The lowest BCUT2D eigenvalue weighted by atomic mass is 10.3. The van der Waals surface area contributed by atoms with Gasteiger partial charge in [0.05, 0.1) is 12.2 Å². The van der Waals surface area contributed by atoms with Crippen molar-refractivity contribution in [1.29, 1.82) is 0 Å². The van der Waals surface area contributed by atoms with Gasteiger partial charge in [-0.1, -0.05) is 6.92 Å². The van der Waals surface area contributed by atoms with E-state index in [9.17, 15) is 4.79 Å². The maximum absolute atomic E-state index is 10.2. The summed E-state index contributed by atoms with van der Waals surface area (Å²) in [6.07, 6.45) is 1.04. The first-order valence-corrected chi connectivity index (χ1v) is 4.41. The quantitative estimate of drug-likeness (QED) is 0.631. The average Bonchev–Trinajstić information content (AvgIpc) is 2.00. The van der Waals surface area contributed by atoms with Crippen molar-refractivity contribution >= 4 is 17.0 Å². The van der Waals surface area contributed by atoms with Crippen LogP contribution < -0.4 is 0 Å². The van der Waals surface area contributed by atoms with E-state index in [1.807, 2.05) is 20.8 Å². The molecule has 0 aliphatic carbocycles. The van der Waals surface area contributed by atoms with Gasteiger partial charge >= 0.3 is 5.43 Å². The summed E-state index contributed by atoms with van der Waals surface area (Å²) >= 11 is 4.98. The molecular formula is C8H15ClO3. The number of carbonyl (C=O) groups excluding carboxylic acids is 1. The number of rotatable bonds is 5. The highest BCUT2D eigenvalue weighted by Crippen LogP contribution is 2.02. The molecule has 0 radical (unpaired) electrons. The highest BCUT2D eigenvalue weighted by molar-refractivity contribution is 6.61. The Bertz CT molecular complexity index is 138. The Morgan fingerprint density at radius 2 is 2.00 bits per heavy atom. The van der Waals surface area contributed by atoms with Gasteiger partial charge in [0.2, 0.25) is 0 Å². The van der Waals surface area contributed by atoms with Crippen LogP contribution in [-0.4, -0.2) is 24.2 Å². The summed E-state index contributed by atoms with van der Waals surface area (Å²) in [6.45, 7) is 6.06. The molecule has 2 unspecified atom stereocenters. The van der Waals surface area contributed by atoms with Crippen molar-refractivity contribution in [2.75, 3.05) is 6.61 Å². The highest BCUT2D eigenvalue weighted by Gasteiger charge is 2.08. The molecule has 0 aliphatic heterocycles. The molecule has 3 nitrogen and oxygen atoms in total. The Morgan fingerprint density at radius 1 is 1.42 bits per heavy atom. The summed E-state index contributed by atoms with van der Waals surface area (Å²) in [6, 6.07) is 0. The van der Waals surface area contributed by atoms with Crippen molar-refractivity contribution in [2.24, 2.45) is 0 Å². The molecule has 0 N–H and O–H groups in total. The van der Waals surface area contributed by atoms with Crippen molar-refractivity contribution < 1.29 is 14.3 Å². The van der Waals surface area contributed by atoms with Crippen LogP contribution in [0.1, 0.15) is 27.2 Å². The summed E-state index contributed by atoms with van der Waals surface area (Å²) < 4.78 is 9.96. The van der Waals surface area contributed by atoms with Crippen LogP contribution in [0.4, 0.5) is 4.79 Å². The Morgan fingerprint density at radius 3 is 2.42 bits per heavy atom. The Kier molecular flexibility index (Phi) is 6.11. The summed E-state index contributed by atoms with van der Waals surface area (Å²) in [7, 11) is 0. The summed E-state index contributed by atoms with van der Waals surface area (Å²) in [5.41, 5.74) is -0.783. The van der Waals surface area contributed by atoms with Crippen LogP contribution >= 0.6 is 11.6 Å². The van der Waals surface area contributed by atoms with Gasteiger partial charge in [-0.15, -0.1) is 0 Å². The Balaban J connectivity index is 3.45. The number of halogens is 1. The maximum atomic E-state index is 10.2. The van der Waals surface area contributed by atoms with Crippen LogP contribution in [0, 0.1) is 0 Å². The van der Waals surface area contributed by atoms with Gasteiger partial charge in [0.15, 0.2) is 0 Å². The molecule has 0 heterocycles. The van der Waals surface area contributed by atoms with Gasteiger partial charge in [-0.05, 0) is 20.3 Å². The molecule has 4 heteroatoms. The largest absolute Gasteiger partial charge is 0.451 e. The predicted octanol–water partition coefficient (Wildman–Crippen LogP) is 2.57. The molecule has 0 fully saturated rings. The lowest BCUT2D eigenvalue weighted by molar-refractivity contribution is -0.0229. The van der Waals surface area contributed by atoms with Crippen LogP contribution in [0.3, 0.4) is 0 Å². The van der Waals surface area contributed by atoms with Crippen molar-refractivity contribution in [3.63, 3.8) is 0 Å². The fraction of sp³-hybridized carbons (Fsp3) is 0.875. The van der Waals surface area contributed by atoms with Gasteiger partial charge in [0, 0.05) is 11.6 Å². The molecule has 12 heavy (non-hydrogen) atoms. The van der Waals surface area contributed by atoms with E-state index in [4.69, 9.17) is 16.3 Å². The monoisotopic (exact) mass is 194 g/mol. The number of hydrogen-bond donors (Lipinski definition) is 0. The van der Waals surface area contributed by atoms with Gasteiger partial charge in [-0.3, -0.25) is 0 Å². The van der Waals surface area contributed by atoms with Crippen LogP contribution in [0.15, 0.2) is 0 Å². The molecule has 0 spiro atoms. The van der Waals surface area contributed by atoms with E-state index < -0.39 is 5.43 Å². The van der Waals surface area contributed by atoms with Crippen molar-refractivity contribution in [3.8, 4) is 0 Å². The molecule has 2 atom stereocenters. The Labute approximate surface area is 78.0 Å². The van der Waals surface area contributed by atoms with Crippen LogP contribution in [-0.2, 0) is 9.47 Å². The molecule has 0 saturated carbocycles. The minimum absolute atomic E-state index is 0.0948. The van der Waals surface area contributed by atoms with Gasteiger partial charge in [0.1, 0.15) is 6.61 Å². The first-order valence-electron chi connectivity index (χ1n) is 4.04. The lowest BCUT2D eigenvalue weighted by Crippen LogP contribution is -2.21. The van der Waals surface area contributed by atoms with E-state index in [2.05, 4.69) is 4.74 Å². The molecule has 0 aromatic heterocycles. The SMILES string of the molecule is CCC(C)OC(C)COC(=O)Cl. The fourth-order valence-electron chi connectivity index (χ4n) is 0.715. The second-order valence-electron chi connectivity index (χ2n) is 2.71. The summed E-state index contributed by atoms with van der Waals surface area (Å²) in [4.78, 5) is 10.2. The molecule has 0 aromatic rings. The van der Waals surface area contributed by atoms with Gasteiger partial charge in [-0.2, -0.15) is 0 Å². The van der Waals surface area contributed by atoms with Crippen molar-refractivity contribution in [2.45, 2.75) is 39.4 Å². The van der Waals surface area contributed by atoms with E-state index in [1.165, 1.54) is 0 Å². The standard InChI is InChI=1S/C8H15ClO3/c1-4-6(2)12-7(3)5-11-8(9)10/h6-7H,4-5H2,1-3H3. The van der Waals surface area contributed by atoms with E-state index in [-0.39, 0.29) is 18.8 Å². The normalized spacial score (nSPS) is 15.3. The van der Waals surface area contributed by atoms with Crippen LogP contribution in [0.2, 0.25) is 0 Å². The lowest BCUT2D eigenvalue weighted by Gasteiger charge is -2.16. The molecule has 0 rings (SSSR count). The predicted molar refractivity (Wildman–Crippen MR) is 47.5 cm³/mol. The number of hydrogen-bond acceptors (Lipinski definition) is 3. The summed E-state index contributed by atoms with van der Waals surface area (Å²) in [5, 5.41) is 0. The second-order valence-corrected chi connectivity index (χ2v) is 3.02. The molecule has 0 amide bonds. The average molecular weight is 195 g/mol. The smallest absolute Gasteiger partial charge is 0.403 e. The third kappa shape index (κ3) is 6.43. The third-order valence-corrected chi connectivity index (χ3v) is 1.58. The topological polar surface area (TPSA) is 35.5 Å². The van der Waals surface area contributed by atoms with E-state index in [0.717, 1.165) is 6.42 Å². The molecule has 0 bridgehead atoms. The minimum atomic E-state index is -0.783. The van der Waals surface area contributed by atoms with Gasteiger partial charge < -0.3 is 9.47 Å². The molecular weight excluding hydrogens is 180 g/mol. The zero-order valence-electron chi connectivity index (χ0n) is 7.67. The third-order valence-electron chi connectivity index (χ3n) is 1.47. The highest BCUT2D eigenvalue weighted by atomic mass is 35.5. The molecule has 0 aliphatic rings. The second kappa shape index (κ2) is 6.26. The molecule has 0 saturated heterocycles. The van der Waals surface area contributed by atoms with E-state index in [1.54, 1.807) is 0 Å². The molecule has 0 aromatic carbocycles. The zero-order chi connectivity index (χ0) is 9.56. The first kappa shape index (κ1) is 11.7.